The molecule has 0 radical (unpaired) electrons. The lowest BCUT2D eigenvalue weighted by molar-refractivity contribution is -0.123. The van der Waals surface area contributed by atoms with Crippen LogP contribution in [-0.2, 0) is 9.53 Å². The molecule has 5 nitrogen and oxygen atoms in total. The molecule has 3 aromatic carbocycles. The number of carbonyl (C=O) groups excluding carboxylic acids is 2. The van der Waals surface area contributed by atoms with Crippen molar-refractivity contribution in [3.8, 4) is 17.2 Å². The fourth-order valence-corrected chi connectivity index (χ4v) is 4.65. The van der Waals surface area contributed by atoms with E-state index in [4.69, 9.17) is 4.74 Å². The lowest BCUT2D eigenvalue weighted by Gasteiger charge is -2.11. The molecule has 0 fully saturated rings. The Hall–Kier alpha value is -4.04. The van der Waals surface area contributed by atoms with Gasteiger partial charge in [-0.25, -0.2) is 8.78 Å². The molecule has 0 amide bonds. The summed E-state index contributed by atoms with van der Waals surface area (Å²) in [5, 5.41) is 10.3. The van der Waals surface area contributed by atoms with Crippen molar-refractivity contribution in [2.45, 2.75) is 13.8 Å². The molecule has 1 aromatic heterocycles. The fourth-order valence-electron chi connectivity index (χ4n) is 3.53. The molecule has 0 bridgehead atoms. The summed E-state index contributed by atoms with van der Waals surface area (Å²) in [4.78, 5) is 23.8. The van der Waals surface area contributed by atoms with Crippen molar-refractivity contribution in [1.82, 2.24) is 0 Å². The van der Waals surface area contributed by atoms with Crippen molar-refractivity contribution in [2.24, 2.45) is 0 Å². The Bertz CT molecular complexity index is 1430. The van der Waals surface area contributed by atoms with E-state index in [-0.39, 0.29) is 34.2 Å². The summed E-state index contributed by atoms with van der Waals surface area (Å²) in [5.41, 5.74) is 2.28. The van der Waals surface area contributed by atoms with E-state index in [1.165, 1.54) is 24.3 Å². The van der Waals surface area contributed by atoms with Crippen LogP contribution in [0.15, 0.2) is 54.8 Å². The van der Waals surface area contributed by atoms with Gasteiger partial charge in [0, 0.05) is 15.6 Å². The van der Waals surface area contributed by atoms with Gasteiger partial charge in [-0.15, -0.1) is 11.3 Å². The smallest absolute Gasteiger partial charge is 0.297 e. The third kappa shape index (κ3) is 4.53. The lowest BCUT2D eigenvalue weighted by Crippen LogP contribution is -2.04. The van der Waals surface area contributed by atoms with E-state index < -0.39 is 17.4 Å². The maximum atomic E-state index is 14.8. The van der Waals surface area contributed by atoms with Crippen molar-refractivity contribution in [1.29, 1.82) is 0 Å². The summed E-state index contributed by atoms with van der Waals surface area (Å²) in [7, 11) is 0. The summed E-state index contributed by atoms with van der Waals surface area (Å²) >= 11 is 1.06. The van der Waals surface area contributed by atoms with Crippen LogP contribution in [-0.4, -0.2) is 17.4 Å². The maximum absolute atomic E-state index is 14.8. The Labute approximate surface area is 197 Å². The van der Waals surface area contributed by atoms with Crippen LogP contribution < -0.4 is 4.74 Å². The topological polar surface area (TPSA) is 72.8 Å². The minimum atomic E-state index is -1.01. The number of hydrogen-bond donors (Lipinski definition) is 1. The van der Waals surface area contributed by atoms with Crippen LogP contribution in [0.4, 0.5) is 8.78 Å². The second-order valence-electron chi connectivity index (χ2n) is 7.54. The van der Waals surface area contributed by atoms with Gasteiger partial charge in [-0.1, -0.05) is 23.8 Å². The van der Waals surface area contributed by atoms with Crippen LogP contribution in [0.25, 0.3) is 16.2 Å². The summed E-state index contributed by atoms with van der Waals surface area (Å²) in [6, 6.07) is 11.8. The van der Waals surface area contributed by atoms with Gasteiger partial charge < -0.3 is 14.6 Å². The second-order valence-corrected chi connectivity index (χ2v) is 8.59. The van der Waals surface area contributed by atoms with Gasteiger partial charge in [-0.2, -0.15) is 0 Å². The van der Waals surface area contributed by atoms with Gasteiger partial charge >= 0.3 is 0 Å². The van der Waals surface area contributed by atoms with Crippen LogP contribution in [0, 0.1) is 25.5 Å². The third-order valence-electron chi connectivity index (χ3n) is 5.08. The molecule has 1 N–H and O–H groups in total. The van der Waals surface area contributed by atoms with E-state index in [0.717, 1.165) is 40.9 Å². The van der Waals surface area contributed by atoms with E-state index in [9.17, 15) is 23.5 Å². The van der Waals surface area contributed by atoms with Gasteiger partial charge in [0.15, 0.2) is 23.1 Å². The number of aryl methyl sites for hydroxylation is 2. The molecular formula is C26H18F2O5S. The zero-order valence-corrected chi connectivity index (χ0v) is 18.9. The van der Waals surface area contributed by atoms with Gasteiger partial charge in [0.25, 0.3) is 6.47 Å². The minimum Gasteiger partial charge on any atom is -0.508 e. The molecule has 0 saturated carbocycles. The largest absolute Gasteiger partial charge is 0.508 e. The average molecular weight is 480 g/mol. The number of hydrogen-bond acceptors (Lipinski definition) is 6. The molecule has 4 aromatic rings. The summed E-state index contributed by atoms with van der Waals surface area (Å²) < 4.78 is 40.2. The van der Waals surface area contributed by atoms with Crippen LogP contribution >= 0.6 is 11.3 Å². The van der Waals surface area contributed by atoms with Crippen molar-refractivity contribution >= 4 is 39.8 Å². The highest BCUT2D eigenvalue weighted by molar-refractivity contribution is 7.21. The summed E-state index contributed by atoms with van der Waals surface area (Å²) in [5.74, 6) is -3.08. The molecular weight excluding hydrogens is 462 g/mol. The monoisotopic (exact) mass is 480 g/mol. The molecule has 4 rings (SSSR count). The number of phenols is 1. The maximum Gasteiger partial charge on any atom is 0.297 e. The predicted octanol–water partition coefficient (Wildman–Crippen LogP) is 6.67. The van der Waals surface area contributed by atoms with Crippen molar-refractivity contribution < 1.29 is 33.0 Å². The lowest BCUT2D eigenvalue weighted by atomic mass is 10.0. The molecule has 1 heterocycles. The van der Waals surface area contributed by atoms with E-state index in [0.29, 0.717) is 15.6 Å². The molecule has 0 aliphatic rings. The zero-order chi connectivity index (χ0) is 24.4. The first-order valence-corrected chi connectivity index (χ1v) is 10.9. The summed E-state index contributed by atoms with van der Waals surface area (Å²) in [6.07, 6.45) is 2.20. The van der Waals surface area contributed by atoms with Crippen LogP contribution in [0.2, 0.25) is 0 Å². The number of halogens is 2. The number of rotatable bonds is 7. The molecule has 0 saturated heterocycles. The number of fused-ring (bicyclic) bond motifs is 1. The molecule has 172 valence electrons. The fraction of sp³-hybridized carbons (Fsp3) is 0.0769. The van der Waals surface area contributed by atoms with E-state index in [1.54, 1.807) is 19.1 Å². The van der Waals surface area contributed by atoms with Gasteiger partial charge in [0.1, 0.15) is 10.6 Å². The Morgan fingerprint density at radius 1 is 1.00 bits per heavy atom. The van der Waals surface area contributed by atoms with Gasteiger partial charge in [-0.05, 0) is 61.4 Å². The SMILES string of the molecule is Cc1ccc(C(=O)c2sc3cc(O)ccc3c2Oc2c(F)cc(/C=C/OC=O)cc2F)c(C)c1. The Kier molecular flexibility index (Phi) is 6.43. The number of aromatic hydroxyl groups is 1. The Morgan fingerprint density at radius 2 is 1.74 bits per heavy atom. The first-order chi connectivity index (χ1) is 16.3. The van der Waals surface area contributed by atoms with Crippen LogP contribution in [0.5, 0.6) is 17.2 Å². The number of ether oxygens (including phenoxy) is 2. The molecule has 8 heteroatoms. The average Bonchev–Trinajstić information content (AvgIpc) is 3.13. The molecule has 0 aliphatic heterocycles. The standard InChI is InChI=1S/C26H18F2O5S/c1-14-3-5-18(15(2)9-14)23(31)26-24(19-6-4-17(30)12-22(19)34-26)33-25-20(27)10-16(11-21(25)28)7-8-32-13-29/h3-13,30H,1-2H3/b8-7+. The third-order valence-corrected chi connectivity index (χ3v) is 6.21. The minimum absolute atomic E-state index is 0.00430. The number of ketones is 1. The molecule has 0 atom stereocenters. The van der Waals surface area contributed by atoms with Crippen LogP contribution in [0.1, 0.15) is 31.9 Å². The predicted molar refractivity (Wildman–Crippen MR) is 125 cm³/mol. The van der Waals surface area contributed by atoms with Gasteiger partial charge in [0.2, 0.25) is 5.78 Å². The quantitative estimate of drug-likeness (QED) is 0.182. The second kappa shape index (κ2) is 9.44. The van der Waals surface area contributed by atoms with E-state index in [1.807, 2.05) is 13.0 Å². The highest BCUT2D eigenvalue weighted by Gasteiger charge is 2.25. The molecule has 0 spiro atoms. The highest BCUT2D eigenvalue weighted by atomic mass is 32.1. The van der Waals surface area contributed by atoms with Gasteiger partial charge in [0.05, 0.1) is 6.26 Å². The van der Waals surface area contributed by atoms with Crippen molar-refractivity contribution in [3.63, 3.8) is 0 Å². The number of benzene rings is 3. The number of thiophene rings is 1. The van der Waals surface area contributed by atoms with Crippen LogP contribution in [0.3, 0.4) is 0 Å². The van der Waals surface area contributed by atoms with E-state index >= 15 is 0 Å². The highest BCUT2D eigenvalue weighted by Crippen LogP contribution is 2.44. The Morgan fingerprint density at radius 3 is 2.41 bits per heavy atom. The van der Waals surface area contributed by atoms with Gasteiger partial charge in [-0.3, -0.25) is 9.59 Å². The van der Waals surface area contributed by atoms with Crippen molar-refractivity contribution in [3.05, 3.63) is 93.6 Å². The first kappa shape index (κ1) is 23.1. The summed E-state index contributed by atoms with van der Waals surface area (Å²) in [6.45, 7) is 3.89. The first-order valence-electron chi connectivity index (χ1n) is 10.1. The normalized spacial score (nSPS) is 11.2. The Balaban J connectivity index is 1.82. The van der Waals surface area contributed by atoms with Crippen molar-refractivity contribution in [2.75, 3.05) is 0 Å². The number of carbonyl (C=O) groups is 2. The molecule has 0 unspecified atom stereocenters. The molecule has 0 aliphatic carbocycles. The molecule has 34 heavy (non-hydrogen) atoms. The number of phenolic OH excluding ortho intramolecular Hbond substituents is 1. The zero-order valence-electron chi connectivity index (χ0n) is 18.1. The van der Waals surface area contributed by atoms with E-state index in [2.05, 4.69) is 4.74 Å².